The van der Waals surface area contributed by atoms with Crippen molar-refractivity contribution in [2.24, 2.45) is 0 Å². The van der Waals surface area contributed by atoms with Crippen molar-refractivity contribution in [2.45, 2.75) is 0 Å². The zero-order valence-corrected chi connectivity index (χ0v) is 13.2. The van der Waals surface area contributed by atoms with Crippen LogP contribution < -0.4 is 0 Å². The van der Waals surface area contributed by atoms with Crippen molar-refractivity contribution < 1.29 is 0 Å². The van der Waals surface area contributed by atoms with Gasteiger partial charge in [0.25, 0.3) is 0 Å². The molecule has 0 heterocycles. The van der Waals surface area contributed by atoms with Crippen molar-refractivity contribution >= 4 is 32.3 Å². The number of hydrogen-bond acceptors (Lipinski definition) is 0. The lowest BCUT2D eigenvalue weighted by Gasteiger charge is -2.09. The van der Waals surface area contributed by atoms with Gasteiger partial charge in [-0.05, 0) is 73.8 Å². The predicted molar refractivity (Wildman–Crippen MR) is 103 cm³/mol. The van der Waals surface area contributed by atoms with Crippen LogP contribution in [0.1, 0.15) is 0 Å². The monoisotopic (exact) mass is 303 g/mol. The van der Waals surface area contributed by atoms with Gasteiger partial charge < -0.3 is 0 Å². The molecule has 0 N–H and O–H groups in total. The van der Waals surface area contributed by atoms with Crippen LogP contribution in [0.25, 0.3) is 43.4 Å². The van der Waals surface area contributed by atoms with Crippen LogP contribution in [0.3, 0.4) is 0 Å². The molecule has 0 amide bonds. The summed E-state index contributed by atoms with van der Waals surface area (Å²) < 4.78 is 0. The van der Waals surface area contributed by atoms with E-state index in [0.29, 0.717) is 0 Å². The maximum atomic E-state index is 3.35. The fraction of sp³-hybridized carbons (Fsp3) is 0. The van der Waals surface area contributed by atoms with Crippen molar-refractivity contribution in [3.8, 4) is 11.1 Å². The molecule has 0 bridgehead atoms. The van der Waals surface area contributed by atoms with Crippen LogP contribution >= 0.6 is 0 Å². The van der Waals surface area contributed by atoms with Gasteiger partial charge in [-0.2, -0.15) is 0 Å². The Kier molecular flexibility index (Phi) is 2.89. The Labute approximate surface area is 141 Å². The summed E-state index contributed by atoms with van der Waals surface area (Å²) in [4.78, 5) is 0. The Morgan fingerprint density at radius 1 is 0.500 bits per heavy atom. The van der Waals surface area contributed by atoms with E-state index in [2.05, 4.69) is 84.9 Å². The van der Waals surface area contributed by atoms with Gasteiger partial charge in [-0.1, -0.05) is 66.7 Å². The molecule has 0 unspecified atom stereocenters. The number of fused-ring (bicyclic) bond motifs is 3. The molecule has 5 rings (SSSR count). The fourth-order valence-corrected chi connectivity index (χ4v) is 3.51. The third-order valence-corrected chi connectivity index (χ3v) is 4.70. The Bertz CT molecular complexity index is 1180. The molecule has 1 radical (unpaired) electrons. The van der Waals surface area contributed by atoms with E-state index in [9.17, 15) is 0 Å². The molecule has 0 spiro atoms. The number of benzene rings is 5. The molecule has 0 nitrogen and oxygen atoms in total. The third-order valence-electron chi connectivity index (χ3n) is 4.70. The second-order valence-corrected chi connectivity index (χ2v) is 6.20. The van der Waals surface area contributed by atoms with Crippen LogP contribution in [0, 0.1) is 6.07 Å². The molecule has 0 aromatic heterocycles. The summed E-state index contributed by atoms with van der Waals surface area (Å²) in [6.45, 7) is 0. The van der Waals surface area contributed by atoms with Crippen LogP contribution in [-0.4, -0.2) is 0 Å². The van der Waals surface area contributed by atoms with E-state index in [4.69, 9.17) is 0 Å². The lowest BCUT2D eigenvalue weighted by molar-refractivity contribution is 1.65. The molecule has 24 heavy (non-hydrogen) atoms. The first-order chi connectivity index (χ1) is 11.9. The molecule has 0 saturated heterocycles. The zero-order chi connectivity index (χ0) is 15.9. The van der Waals surface area contributed by atoms with E-state index >= 15 is 0 Å². The van der Waals surface area contributed by atoms with Crippen molar-refractivity contribution in [1.29, 1.82) is 0 Å². The van der Waals surface area contributed by atoms with Gasteiger partial charge in [0.1, 0.15) is 0 Å². The third kappa shape index (κ3) is 2.08. The van der Waals surface area contributed by atoms with Crippen molar-refractivity contribution in [1.82, 2.24) is 0 Å². The minimum Gasteiger partial charge on any atom is -0.0616 e. The van der Waals surface area contributed by atoms with E-state index in [1.165, 1.54) is 37.9 Å². The highest BCUT2D eigenvalue weighted by Crippen LogP contribution is 2.33. The molecule has 0 atom stereocenters. The van der Waals surface area contributed by atoms with E-state index in [1.807, 2.05) is 12.1 Å². The minimum absolute atomic E-state index is 1.14. The molecule has 0 aliphatic carbocycles. The van der Waals surface area contributed by atoms with Crippen LogP contribution in [0.4, 0.5) is 0 Å². The lowest BCUT2D eigenvalue weighted by atomic mass is 9.94. The largest absolute Gasteiger partial charge is 0.0616 e. The molecule has 0 saturated carbocycles. The molecule has 0 aliphatic rings. The molecule has 0 fully saturated rings. The predicted octanol–water partition coefficient (Wildman–Crippen LogP) is 6.61. The molecular formula is C24H15. The minimum atomic E-state index is 1.14. The number of rotatable bonds is 1. The standard InChI is InChI=1S/C24H15/c1-2-7-17(8-3-1)23-12-6-11-20-15-21-13-18-9-4-5-10-19(18)14-22(21)16-24(20)23/h1-7,9-16H. The molecule has 5 aromatic carbocycles. The summed E-state index contributed by atoms with van der Waals surface area (Å²) in [5, 5.41) is 7.69. The summed E-state index contributed by atoms with van der Waals surface area (Å²) >= 11 is 0. The first kappa shape index (κ1) is 13.3. The smallest absolute Gasteiger partial charge is 0.00988 e. The highest BCUT2D eigenvalue weighted by molar-refractivity contribution is 6.08. The summed E-state index contributed by atoms with van der Waals surface area (Å²) in [5.41, 5.74) is 2.38. The Hall–Kier alpha value is -3.12. The van der Waals surface area contributed by atoms with Gasteiger partial charge in [-0.15, -0.1) is 0 Å². The quantitative estimate of drug-likeness (QED) is 0.305. The van der Waals surface area contributed by atoms with Gasteiger partial charge in [0.15, 0.2) is 0 Å². The van der Waals surface area contributed by atoms with Crippen LogP contribution in [0.5, 0.6) is 0 Å². The molecular weight excluding hydrogens is 288 g/mol. The average Bonchev–Trinajstić information content (AvgIpc) is 2.65. The SMILES string of the molecule is [c]1ccccc1-c1cccc2cc3cc4ccccc4cc3cc12. The first-order valence-corrected chi connectivity index (χ1v) is 8.21. The highest BCUT2D eigenvalue weighted by atomic mass is 14.1. The molecule has 5 aromatic rings. The van der Waals surface area contributed by atoms with Gasteiger partial charge in [0, 0.05) is 0 Å². The van der Waals surface area contributed by atoms with Crippen LogP contribution in [-0.2, 0) is 0 Å². The first-order valence-electron chi connectivity index (χ1n) is 8.21. The van der Waals surface area contributed by atoms with E-state index in [-0.39, 0.29) is 0 Å². The Morgan fingerprint density at radius 2 is 1.17 bits per heavy atom. The summed E-state index contributed by atoms with van der Waals surface area (Å²) in [6, 6.07) is 35.8. The van der Waals surface area contributed by atoms with Gasteiger partial charge in [0.05, 0.1) is 0 Å². The summed E-state index contributed by atoms with van der Waals surface area (Å²) in [6.07, 6.45) is 0. The maximum absolute atomic E-state index is 3.35. The average molecular weight is 303 g/mol. The fourth-order valence-electron chi connectivity index (χ4n) is 3.51. The lowest BCUT2D eigenvalue weighted by Crippen LogP contribution is -1.83. The normalized spacial score (nSPS) is 11.3. The summed E-state index contributed by atoms with van der Waals surface area (Å²) in [5.74, 6) is 0. The Morgan fingerprint density at radius 3 is 1.92 bits per heavy atom. The van der Waals surface area contributed by atoms with E-state index in [0.717, 1.165) is 5.56 Å². The zero-order valence-electron chi connectivity index (χ0n) is 13.2. The number of hydrogen-bond donors (Lipinski definition) is 0. The topological polar surface area (TPSA) is 0 Å². The van der Waals surface area contributed by atoms with Crippen LogP contribution in [0.2, 0.25) is 0 Å². The van der Waals surface area contributed by atoms with Gasteiger partial charge >= 0.3 is 0 Å². The maximum Gasteiger partial charge on any atom is -0.00988 e. The van der Waals surface area contributed by atoms with E-state index < -0.39 is 0 Å². The highest BCUT2D eigenvalue weighted by Gasteiger charge is 2.06. The van der Waals surface area contributed by atoms with Crippen molar-refractivity contribution in [3.63, 3.8) is 0 Å². The summed E-state index contributed by atoms with van der Waals surface area (Å²) in [7, 11) is 0. The Balaban J connectivity index is 1.87. The van der Waals surface area contributed by atoms with Gasteiger partial charge in [-0.25, -0.2) is 0 Å². The van der Waals surface area contributed by atoms with E-state index in [1.54, 1.807) is 0 Å². The molecule has 111 valence electrons. The van der Waals surface area contributed by atoms with Gasteiger partial charge in [-0.3, -0.25) is 0 Å². The van der Waals surface area contributed by atoms with Crippen molar-refractivity contribution in [3.05, 3.63) is 97.1 Å². The second-order valence-electron chi connectivity index (χ2n) is 6.20. The van der Waals surface area contributed by atoms with Crippen molar-refractivity contribution in [2.75, 3.05) is 0 Å². The van der Waals surface area contributed by atoms with Gasteiger partial charge in [0.2, 0.25) is 0 Å². The van der Waals surface area contributed by atoms with Crippen LogP contribution in [0.15, 0.2) is 91.0 Å². The molecule has 0 aliphatic heterocycles. The molecule has 0 heteroatoms. The second kappa shape index (κ2) is 5.21.